The number of amides is 1. The van der Waals surface area contributed by atoms with Crippen molar-refractivity contribution in [1.82, 2.24) is 0 Å². The number of hydrogen-bond acceptors (Lipinski definition) is 4. The van der Waals surface area contributed by atoms with E-state index < -0.39 is 10.0 Å². The van der Waals surface area contributed by atoms with Crippen LogP contribution in [0.15, 0.2) is 47.4 Å². The number of phenolic OH excluding ortho intramolecular Hbond substituents is 1. The monoisotopic (exact) mass is 374 g/mol. The summed E-state index contributed by atoms with van der Waals surface area (Å²) in [5, 5.41) is 9.67. The molecule has 1 heterocycles. The Bertz CT molecular complexity index is 956. The Labute approximate surface area is 153 Å². The summed E-state index contributed by atoms with van der Waals surface area (Å²) in [5.41, 5.74) is 2.02. The molecule has 0 fully saturated rings. The van der Waals surface area contributed by atoms with E-state index in [0.29, 0.717) is 12.1 Å². The first-order chi connectivity index (χ1) is 12.3. The summed E-state index contributed by atoms with van der Waals surface area (Å²) < 4.78 is 27.5. The van der Waals surface area contributed by atoms with Crippen LogP contribution in [0.3, 0.4) is 0 Å². The van der Waals surface area contributed by atoms with Gasteiger partial charge in [0.2, 0.25) is 5.91 Å². The van der Waals surface area contributed by atoms with Gasteiger partial charge in [0, 0.05) is 31.3 Å². The van der Waals surface area contributed by atoms with Gasteiger partial charge in [0.25, 0.3) is 10.0 Å². The van der Waals surface area contributed by atoms with Crippen LogP contribution >= 0.6 is 0 Å². The number of benzene rings is 2. The summed E-state index contributed by atoms with van der Waals surface area (Å²) in [6, 6.07) is 11.1. The summed E-state index contributed by atoms with van der Waals surface area (Å²) in [6.45, 7) is 5.44. The quantitative estimate of drug-likeness (QED) is 0.893. The van der Waals surface area contributed by atoms with Gasteiger partial charge in [-0.3, -0.25) is 9.10 Å². The maximum Gasteiger partial charge on any atom is 0.264 e. The molecule has 3 rings (SSSR count). The first-order valence-corrected chi connectivity index (χ1v) is 9.94. The van der Waals surface area contributed by atoms with Gasteiger partial charge in [-0.15, -0.1) is 0 Å². The van der Waals surface area contributed by atoms with Crippen molar-refractivity contribution in [2.45, 2.75) is 38.1 Å². The van der Waals surface area contributed by atoms with Crippen molar-refractivity contribution in [3.63, 3.8) is 0 Å². The lowest BCUT2D eigenvalue weighted by Crippen LogP contribution is -2.33. The van der Waals surface area contributed by atoms with E-state index >= 15 is 0 Å². The Balaban J connectivity index is 2.03. The fraction of sp³-hybridized carbons (Fsp3) is 0.316. The van der Waals surface area contributed by atoms with Crippen LogP contribution in [0.2, 0.25) is 0 Å². The summed E-state index contributed by atoms with van der Waals surface area (Å²) in [4.78, 5) is 13.7. The van der Waals surface area contributed by atoms with Crippen molar-refractivity contribution in [2.24, 2.45) is 0 Å². The predicted molar refractivity (Wildman–Crippen MR) is 101 cm³/mol. The maximum atomic E-state index is 13.1. The largest absolute Gasteiger partial charge is 0.508 e. The van der Waals surface area contributed by atoms with Crippen molar-refractivity contribution in [3.8, 4) is 5.75 Å². The molecule has 0 spiro atoms. The van der Waals surface area contributed by atoms with Crippen LogP contribution in [-0.2, 0) is 21.2 Å². The number of rotatable bonds is 4. The molecule has 26 heavy (non-hydrogen) atoms. The van der Waals surface area contributed by atoms with E-state index in [0.717, 1.165) is 11.3 Å². The molecule has 0 radical (unpaired) electrons. The third-order valence-electron chi connectivity index (χ3n) is 4.60. The van der Waals surface area contributed by atoms with Gasteiger partial charge in [0.15, 0.2) is 0 Å². The highest BCUT2D eigenvalue weighted by Crippen LogP contribution is 2.35. The van der Waals surface area contributed by atoms with Crippen LogP contribution < -0.4 is 9.21 Å². The number of nitrogens with zero attached hydrogens (tertiary/aromatic N) is 2. The van der Waals surface area contributed by atoms with Crippen LogP contribution in [0.25, 0.3) is 0 Å². The Hall–Kier alpha value is -2.54. The lowest BCUT2D eigenvalue weighted by molar-refractivity contribution is -0.116. The van der Waals surface area contributed by atoms with E-state index in [4.69, 9.17) is 0 Å². The van der Waals surface area contributed by atoms with Crippen molar-refractivity contribution in [3.05, 3.63) is 48.0 Å². The molecule has 2 aromatic carbocycles. The van der Waals surface area contributed by atoms with E-state index in [-0.39, 0.29) is 29.1 Å². The highest BCUT2D eigenvalue weighted by molar-refractivity contribution is 7.92. The summed E-state index contributed by atoms with van der Waals surface area (Å²) in [6.07, 6.45) is 0.622. The second-order valence-corrected chi connectivity index (χ2v) is 8.28. The highest BCUT2D eigenvalue weighted by atomic mass is 32.2. The summed E-state index contributed by atoms with van der Waals surface area (Å²) in [5.74, 6) is -0.0437. The van der Waals surface area contributed by atoms with Gasteiger partial charge in [0.05, 0.1) is 10.6 Å². The minimum Gasteiger partial charge on any atom is -0.508 e. The van der Waals surface area contributed by atoms with E-state index in [1.807, 2.05) is 6.92 Å². The number of carbonyl (C=O) groups excluding carboxylic acids is 1. The molecule has 1 aliphatic rings. The van der Waals surface area contributed by atoms with Crippen LogP contribution in [0.1, 0.15) is 26.3 Å². The predicted octanol–water partition coefficient (Wildman–Crippen LogP) is 2.90. The number of fused-ring (bicyclic) bond motifs is 1. The van der Waals surface area contributed by atoms with Gasteiger partial charge in [-0.1, -0.05) is 6.07 Å². The zero-order chi connectivity index (χ0) is 19.1. The van der Waals surface area contributed by atoms with Crippen molar-refractivity contribution in [1.29, 1.82) is 0 Å². The van der Waals surface area contributed by atoms with E-state index in [1.54, 1.807) is 36.1 Å². The van der Waals surface area contributed by atoms with E-state index in [9.17, 15) is 18.3 Å². The topological polar surface area (TPSA) is 77.9 Å². The van der Waals surface area contributed by atoms with Gasteiger partial charge in [0.1, 0.15) is 5.75 Å². The van der Waals surface area contributed by atoms with Crippen LogP contribution in [0, 0.1) is 0 Å². The molecule has 0 aromatic heterocycles. The van der Waals surface area contributed by atoms with Crippen LogP contribution in [0.5, 0.6) is 5.75 Å². The second kappa shape index (κ2) is 6.64. The standard InChI is InChI=1S/C19H22N2O4S/c1-4-20(16-6-5-7-17(23)12-16)26(24,25)18-8-9-19-15(11-18)10-13(2)21(19)14(3)22/h5-9,11-13,23H,4,10H2,1-3H3. The first-order valence-electron chi connectivity index (χ1n) is 8.50. The number of aromatic hydroxyl groups is 1. The van der Waals surface area contributed by atoms with Crippen LogP contribution in [-0.4, -0.2) is 32.0 Å². The Morgan fingerprint density at radius 2 is 2.00 bits per heavy atom. The van der Waals surface area contributed by atoms with Gasteiger partial charge in [-0.2, -0.15) is 0 Å². The molecule has 1 aliphatic heterocycles. The molecular weight excluding hydrogens is 352 g/mol. The highest BCUT2D eigenvalue weighted by Gasteiger charge is 2.31. The Morgan fingerprint density at radius 1 is 1.27 bits per heavy atom. The molecule has 0 saturated heterocycles. The molecule has 1 amide bonds. The zero-order valence-corrected chi connectivity index (χ0v) is 15.8. The minimum atomic E-state index is -3.78. The molecule has 1 N–H and O–H groups in total. The molecule has 0 bridgehead atoms. The number of anilines is 2. The molecule has 138 valence electrons. The van der Waals surface area contributed by atoms with Gasteiger partial charge in [-0.05, 0) is 56.2 Å². The van der Waals surface area contributed by atoms with Crippen molar-refractivity contribution < 1.29 is 18.3 Å². The first kappa shape index (κ1) is 18.3. The number of carbonyl (C=O) groups is 1. The molecule has 0 saturated carbocycles. The van der Waals surface area contributed by atoms with E-state index in [2.05, 4.69) is 0 Å². The third kappa shape index (κ3) is 3.03. The van der Waals surface area contributed by atoms with Crippen molar-refractivity contribution >= 4 is 27.3 Å². The molecule has 1 unspecified atom stereocenters. The van der Waals surface area contributed by atoms with Gasteiger partial charge >= 0.3 is 0 Å². The zero-order valence-electron chi connectivity index (χ0n) is 15.0. The summed E-state index contributed by atoms with van der Waals surface area (Å²) in [7, 11) is -3.78. The average Bonchev–Trinajstić information content (AvgIpc) is 2.90. The molecule has 7 heteroatoms. The second-order valence-electron chi connectivity index (χ2n) is 6.42. The number of sulfonamides is 1. The van der Waals surface area contributed by atoms with E-state index in [1.165, 1.54) is 29.4 Å². The normalized spacial score (nSPS) is 16.4. The minimum absolute atomic E-state index is 0.00815. The number of hydrogen-bond donors (Lipinski definition) is 1. The number of phenols is 1. The molecular formula is C19H22N2O4S. The average molecular weight is 374 g/mol. The van der Waals surface area contributed by atoms with Crippen molar-refractivity contribution in [2.75, 3.05) is 15.7 Å². The molecule has 2 aromatic rings. The maximum absolute atomic E-state index is 13.1. The summed E-state index contributed by atoms with van der Waals surface area (Å²) >= 11 is 0. The fourth-order valence-corrected chi connectivity index (χ4v) is 5.03. The molecule has 0 aliphatic carbocycles. The van der Waals surface area contributed by atoms with Gasteiger partial charge < -0.3 is 10.0 Å². The lowest BCUT2D eigenvalue weighted by atomic mass is 10.1. The Kier molecular flexibility index (Phi) is 4.66. The molecule has 1 atom stereocenters. The fourth-order valence-electron chi connectivity index (χ4n) is 3.51. The van der Waals surface area contributed by atoms with Gasteiger partial charge in [-0.25, -0.2) is 8.42 Å². The Morgan fingerprint density at radius 3 is 2.62 bits per heavy atom. The van der Waals surface area contributed by atoms with Crippen LogP contribution in [0.4, 0.5) is 11.4 Å². The SMILES string of the molecule is CCN(c1cccc(O)c1)S(=O)(=O)c1ccc2c(c1)CC(C)N2C(C)=O. The smallest absolute Gasteiger partial charge is 0.264 e. The third-order valence-corrected chi connectivity index (χ3v) is 6.50. The lowest BCUT2D eigenvalue weighted by Gasteiger charge is -2.24. The molecule has 6 nitrogen and oxygen atoms in total.